The molecule has 7 heteroatoms. The summed E-state index contributed by atoms with van der Waals surface area (Å²) in [6, 6.07) is 2.24. The molecule has 26 heavy (non-hydrogen) atoms. The molecule has 0 atom stereocenters. The Bertz CT molecular complexity index is 606. The average Bonchev–Trinajstić information content (AvgIpc) is 3.11. The molecular formula is C19H31N3O4. The van der Waals surface area contributed by atoms with E-state index < -0.39 is 23.4 Å². The molecule has 0 unspecified atom stereocenters. The zero-order chi connectivity index (χ0) is 19.5. The van der Waals surface area contributed by atoms with Crippen LogP contribution in [-0.2, 0) is 16.0 Å². The monoisotopic (exact) mass is 365 g/mol. The van der Waals surface area contributed by atoms with Gasteiger partial charge in [0.05, 0.1) is 18.3 Å². The molecule has 1 aromatic rings. The summed E-state index contributed by atoms with van der Waals surface area (Å²) in [6.45, 7) is 10.6. The molecule has 0 bridgehead atoms. The molecule has 2 amide bonds. The SMILES string of the molecule is CC(C)(C)OC(=O)N(Cc1ccn(C2CCCC2)n1)C(=O)OC(C)(C)C. The van der Waals surface area contributed by atoms with Crippen molar-refractivity contribution >= 4 is 12.2 Å². The molecule has 1 aromatic heterocycles. The van der Waals surface area contributed by atoms with Crippen LogP contribution in [0.1, 0.15) is 79.0 Å². The van der Waals surface area contributed by atoms with Crippen molar-refractivity contribution in [1.82, 2.24) is 14.7 Å². The van der Waals surface area contributed by atoms with Gasteiger partial charge in [0.1, 0.15) is 11.2 Å². The molecule has 2 rings (SSSR count). The van der Waals surface area contributed by atoms with Gasteiger partial charge in [0, 0.05) is 6.20 Å². The Hall–Kier alpha value is -2.05. The van der Waals surface area contributed by atoms with Crippen molar-refractivity contribution in [3.05, 3.63) is 18.0 Å². The maximum atomic E-state index is 12.5. The van der Waals surface area contributed by atoms with Crippen molar-refractivity contribution in [2.75, 3.05) is 0 Å². The number of amides is 2. The van der Waals surface area contributed by atoms with E-state index >= 15 is 0 Å². The van der Waals surface area contributed by atoms with Gasteiger partial charge in [-0.25, -0.2) is 14.5 Å². The number of hydrogen-bond acceptors (Lipinski definition) is 5. The summed E-state index contributed by atoms with van der Waals surface area (Å²) in [5, 5.41) is 4.55. The Kier molecular flexibility index (Phi) is 5.98. The van der Waals surface area contributed by atoms with Crippen LogP contribution in [0, 0.1) is 0 Å². The lowest BCUT2D eigenvalue weighted by molar-refractivity contribution is -0.000513. The molecule has 0 aromatic carbocycles. The minimum Gasteiger partial charge on any atom is -0.443 e. The second-order valence-corrected chi connectivity index (χ2v) is 8.77. The Labute approximate surface area is 155 Å². The number of hydrogen-bond donors (Lipinski definition) is 0. The Morgan fingerprint density at radius 1 is 1.08 bits per heavy atom. The third-order valence-corrected chi connectivity index (χ3v) is 3.91. The first-order chi connectivity index (χ1) is 11.9. The molecule has 0 spiro atoms. The molecule has 0 aliphatic heterocycles. The van der Waals surface area contributed by atoms with Crippen LogP contribution in [0.15, 0.2) is 12.3 Å². The van der Waals surface area contributed by atoms with E-state index in [2.05, 4.69) is 5.10 Å². The summed E-state index contributed by atoms with van der Waals surface area (Å²) in [5.41, 5.74) is -0.783. The molecule has 7 nitrogen and oxygen atoms in total. The highest BCUT2D eigenvalue weighted by Gasteiger charge is 2.32. The number of imide groups is 1. The van der Waals surface area contributed by atoms with E-state index in [0.29, 0.717) is 11.7 Å². The second-order valence-electron chi connectivity index (χ2n) is 8.77. The van der Waals surface area contributed by atoms with Gasteiger partial charge in [0.15, 0.2) is 0 Å². The summed E-state index contributed by atoms with van der Waals surface area (Å²) in [5.74, 6) is 0. The summed E-state index contributed by atoms with van der Waals surface area (Å²) >= 11 is 0. The smallest absolute Gasteiger partial charge is 0.420 e. The fourth-order valence-electron chi connectivity index (χ4n) is 2.83. The lowest BCUT2D eigenvalue weighted by atomic mass is 10.2. The van der Waals surface area contributed by atoms with E-state index in [9.17, 15) is 9.59 Å². The highest BCUT2D eigenvalue weighted by atomic mass is 16.6. The van der Waals surface area contributed by atoms with E-state index in [1.807, 2.05) is 16.9 Å². The summed E-state index contributed by atoms with van der Waals surface area (Å²) in [7, 11) is 0. The van der Waals surface area contributed by atoms with Gasteiger partial charge >= 0.3 is 12.2 Å². The Balaban J connectivity index is 2.14. The first-order valence-electron chi connectivity index (χ1n) is 9.22. The Morgan fingerprint density at radius 2 is 1.58 bits per heavy atom. The Morgan fingerprint density at radius 3 is 2.04 bits per heavy atom. The topological polar surface area (TPSA) is 73.7 Å². The maximum absolute atomic E-state index is 12.5. The van der Waals surface area contributed by atoms with Gasteiger partial charge in [-0.1, -0.05) is 12.8 Å². The number of nitrogens with zero attached hydrogens (tertiary/aromatic N) is 3. The lowest BCUT2D eigenvalue weighted by Crippen LogP contribution is -2.43. The molecule has 1 fully saturated rings. The van der Waals surface area contributed by atoms with Gasteiger partial charge in [0.25, 0.3) is 0 Å². The van der Waals surface area contributed by atoms with Crippen LogP contribution in [0.2, 0.25) is 0 Å². The molecule has 0 saturated heterocycles. The van der Waals surface area contributed by atoms with Crippen LogP contribution in [0.5, 0.6) is 0 Å². The number of carbonyl (C=O) groups excluding carboxylic acids is 2. The predicted octanol–water partition coefficient (Wildman–Crippen LogP) is 4.67. The highest BCUT2D eigenvalue weighted by Crippen LogP contribution is 2.29. The molecule has 1 aliphatic carbocycles. The maximum Gasteiger partial charge on any atom is 0.420 e. The largest absolute Gasteiger partial charge is 0.443 e. The van der Waals surface area contributed by atoms with Crippen LogP contribution in [-0.4, -0.2) is 38.1 Å². The quantitative estimate of drug-likeness (QED) is 0.778. The third-order valence-electron chi connectivity index (χ3n) is 3.91. The van der Waals surface area contributed by atoms with E-state index in [-0.39, 0.29) is 6.54 Å². The van der Waals surface area contributed by atoms with Crippen LogP contribution < -0.4 is 0 Å². The van der Waals surface area contributed by atoms with Crippen molar-refractivity contribution in [1.29, 1.82) is 0 Å². The second kappa shape index (κ2) is 7.68. The van der Waals surface area contributed by atoms with Crippen LogP contribution in [0.3, 0.4) is 0 Å². The van der Waals surface area contributed by atoms with Crippen LogP contribution >= 0.6 is 0 Å². The number of aromatic nitrogens is 2. The highest BCUT2D eigenvalue weighted by molar-refractivity contribution is 5.88. The standard InChI is InChI=1S/C19H31N3O4/c1-18(2,3)25-16(23)21(17(24)26-19(4,5)6)13-14-11-12-22(20-14)15-9-7-8-10-15/h11-12,15H,7-10,13H2,1-6H3. The normalized spacial score (nSPS) is 15.8. The van der Waals surface area contributed by atoms with E-state index in [4.69, 9.17) is 9.47 Å². The van der Waals surface area contributed by atoms with Crippen LogP contribution in [0.25, 0.3) is 0 Å². The van der Waals surface area contributed by atoms with Crippen molar-refractivity contribution in [3.8, 4) is 0 Å². The zero-order valence-electron chi connectivity index (χ0n) is 16.7. The van der Waals surface area contributed by atoms with Crippen LogP contribution in [0.4, 0.5) is 9.59 Å². The van der Waals surface area contributed by atoms with E-state index in [1.165, 1.54) is 12.8 Å². The van der Waals surface area contributed by atoms with Gasteiger partial charge in [-0.2, -0.15) is 5.10 Å². The van der Waals surface area contributed by atoms with Gasteiger partial charge in [-0.05, 0) is 60.5 Å². The minimum atomic E-state index is -0.734. The van der Waals surface area contributed by atoms with Gasteiger partial charge in [-0.3, -0.25) is 4.68 Å². The molecule has 1 saturated carbocycles. The number of carbonyl (C=O) groups is 2. The minimum absolute atomic E-state index is 0.0174. The molecule has 0 N–H and O–H groups in total. The first kappa shape index (κ1) is 20.3. The fourth-order valence-corrected chi connectivity index (χ4v) is 2.83. The van der Waals surface area contributed by atoms with Crippen molar-refractivity contribution < 1.29 is 19.1 Å². The number of rotatable bonds is 3. The molecule has 1 aliphatic rings. The molecule has 146 valence electrons. The zero-order valence-corrected chi connectivity index (χ0v) is 16.7. The molecule has 1 heterocycles. The summed E-state index contributed by atoms with van der Waals surface area (Å²) in [6.07, 6.45) is 5.09. The van der Waals surface area contributed by atoms with Crippen molar-refractivity contribution in [2.45, 2.75) is 91.0 Å². The average molecular weight is 365 g/mol. The summed E-state index contributed by atoms with van der Waals surface area (Å²) in [4.78, 5) is 26.0. The van der Waals surface area contributed by atoms with Gasteiger partial charge in [-0.15, -0.1) is 0 Å². The fraction of sp³-hybridized carbons (Fsp3) is 0.737. The van der Waals surface area contributed by atoms with Crippen molar-refractivity contribution in [2.24, 2.45) is 0 Å². The van der Waals surface area contributed by atoms with Gasteiger partial charge < -0.3 is 9.47 Å². The van der Waals surface area contributed by atoms with E-state index in [1.54, 1.807) is 41.5 Å². The third kappa shape index (κ3) is 6.04. The predicted molar refractivity (Wildman–Crippen MR) is 97.7 cm³/mol. The first-order valence-corrected chi connectivity index (χ1v) is 9.22. The lowest BCUT2D eigenvalue weighted by Gasteiger charge is -2.28. The molecule has 0 radical (unpaired) electrons. The van der Waals surface area contributed by atoms with Crippen molar-refractivity contribution in [3.63, 3.8) is 0 Å². The van der Waals surface area contributed by atoms with Gasteiger partial charge in [0.2, 0.25) is 0 Å². The molecular weight excluding hydrogens is 334 g/mol. The van der Waals surface area contributed by atoms with E-state index in [0.717, 1.165) is 17.7 Å². The summed E-state index contributed by atoms with van der Waals surface area (Å²) < 4.78 is 12.7. The number of ether oxygens (including phenoxy) is 2.